The van der Waals surface area contributed by atoms with Crippen molar-refractivity contribution in [2.75, 3.05) is 17.7 Å². The molecule has 0 amide bonds. The average molecular weight is 215 g/mol. The standard InChI is InChI=1S/C11H13N5/c1-12-10-7-14-8-11(16-10)15-6-9-3-2-4-13-5-9/h2-5,7-8H,6H2,1H3,(H2,12,15,16). The summed E-state index contributed by atoms with van der Waals surface area (Å²) in [4.78, 5) is 12.4. The maximum Gasteiger partial charge on any atom is 0.147 e. The smallest absolute Gasteiger partial charge is 0.147 e. The Bertz CT molecular complexity index is 443. The zero-order chi connectivity index (χ0) is 11.2. The molecule has 0 atom stereocenters. The monoisotopic (exact) mass is 215 g/mol. The second-order valence-corrected chi connectivity index (χ2v) is 3.25. The number of hydrogen-bond acceptors (Lipinski definition) is 5. The van der Waals surface area contributed by atoms with Crippen molar-refractivity contribution in [3.8, 4) is 0 Å². The molecule has 5 nitrogen and oxygen atoms in total. The van der Waals surface area contributed by atoms with Crippen molar-refractivity contribution in [2.24, 2.45) is 0 Å². The van der Waals surface area contributed by atoms with Crippen LogP contribution in [0.2, 0.25) is 0 Å². The van der Waals surface area contributed by atoms with Crippen molar-refractivity contribution >= 4 is 11.6 Å². The zero-order valence-corrected chi connectivity index (χ0v) is 9.01. The van der Waals surface area contributed by atoms with Gasteiger partial charge in [0, 0.05) is 26.0 Å². The Balaban J connectivity index is 1.99. The van der Waals surface area contributed by atoms with Crippen LogP contribution in [-0.4, -0.2) is 22.0 Å². The summed E-state index contributed by atoms with van der Waals surface area (Å²) in [5.74, 6) is 1.49. The highest BCUT2D eigenvalue weighted by Crippen LogP contribution is 2.07. The molecular formula is C11H13N5. The van der Waals surface area contributed by atoms with Crippen molar-refractivity contribution < 1.29 is 0 Å². The first-order valence-electron chi connectivity index (χ1n) is 5.01. The third-order valence-electron chi connectivity index (χ3n) is 2.09. The first kappa shape index (κ1) is 10.4. The van der Waals surface area contributed by atoms with Crippen LogP contribution >= 0.6 is 0 Å². The highest BCUT2D eigenvalue weighted by molar-refractivity contribution is 5.41. The van der Waals surface area contributed by atoms with Crippen LogP contribution < -0.4 is 10.6 Å². The van der Waals surface area contributed by atoms with Crippen LogP contribution in [0.5, 0.6) is 0 Å². The molecule has 2 heterocycles. The van der Waals surface area contributed by atoms with Gasteiger partial charge in [-0.3, -0.25) is 9.97 Å². The molecule has 0 radical (unpaired) electrons. The molecule has 5 heteroatoms. The molecule has 0 fully saturated rings. The Kier molecular flexibility index (Phi) is 3.28. The van der Waals surface area contributed by atoms with Gasteiger partial charge in [-0.05, 0) is 11.6 Å². The molecule has 0 saturated carbocycles. The Hall–Kier alpha value is -2.17. The summed E-state index contributed by atoms with van der Waals surface area (Å²) in [6.07, 6.45) is 6.94. The zero-order valence-electron chi connectivity index (χ0n) is 9.01. The van der Waals surface area contributed by atoms with E-state index in [-0.39, 0.29) is 0 Å². The van der Waals surface area contributed by atoms with Gasteiger partial charge in [-0.2, -0.15) is 0 Å². The number of rotatable bonds is 4. The minimum Gasteiger partial charge on any atom is -0.372 e. The summed E-state index contributed by atoms with van der Waals surface area (Å²) >= 11 is 0. The topological polar surface area (TPSA) is 62.7 Å². The highest BCUT2D eigenvalue weighted by atomic mass is 15.1. The molecule has 2 aromatic rings. The van der Waals surface area contributed by atoms with Gasteiger partial charge >= 0.3 is 0 Å². The predicted molar refractivity (Wildman–Crippen MR) is 63.1 cm³/mol. The number of aromatic nitrogens is 3. The van der Waals surface area contributed by atoms with Crippen LogP contribution in [0.1, 0.15) is 5.56 Å². The van der Waals surface area contributed by atoms with Gasteiger partial charge in [0.25, 0.3) is 0 Å². The van der Waals surface area contributed by atoms with Crippen LogP contribution in [0.4, 0.5) is 11.6 Å². The first-order valence-corrected chi connectivity index (χ1v) is 5.01. The lowest BCUT2D eigenvalue weighted by molar-refractivity contribution is 1.07. The molecule has 0 aliphatic rings. The third kappa shape index (κ3) is 2.66. The van der Waals surface area contributed by atoms with Gasteiger partial charge in [0.05, 0.1) is 12.4 Å². The van der Waals surface area contributed by atoms with Crippen molar-refractivity contribution in [1.82, 2.24) is 15.0 Å². The molecule has 0 saturated heterocycles. The lowest BCUT2D eigenvalue weighted by Crippen LogP contribution is -2.03. The molecule has 2 rings (SSSR count). The molecule has 0 aliphatic carbocycles. The fourth-order valence-corrected chi connectivity index (χ4v) is 1.27. The molecule has 0 unspecified atom stereocenters. The Morgan fingerprint density at radius 1 is 1.12 bits per heavy atom. The fourth-order valence-electron chi connectivity index (χ4n) is 1.27. The summed E-state index contributed by atoms with van der Waals surface area (Å²) in [5.41, 5.74) is 1.11. The van der Waals surface area contributed by atoms with E-state index in [2.05, 4.69) is 25.6 Å². The van der Waals surface area contributed by atoms with E-state index in [1.54, 1.807) is 18.6 Å². The third-order valence-corrected chi connectivity index (χ3v) is 2.09. The quantitative estimate of drug-likeness (QED) is 0.809. The fraction of sp³-hybridized carbons (Fsp3) is 0.182. The largest absolute Gasteiger partial charge is 0.372 e. The maximum absolute atomic E-state index is 4.30. The molecule has 82 valence electrons. The molecule has 2 aromatic heterocycles. The van der Waals surface area contributed by atoms with Gasteiger partial charge in [-0.1, -0.05) is 6.07 Å². The number of hydrogen-bond donors (Lipinski definition) is 2. The summed E-state index contributed by atoms with van der Waals surface area (Å²) in [7, 11) is 1.81. The highest BCUT2D eigenvalue weighted by Gasteiger charge is 1.97. The Morgan fingerprint density at radius 3 is 2.75 bits per heavy atom. The second kappa shape index (κ2) is 5.06. The van der Waals surface area contributed by atoms with E-state index in [0.717, 1.165) is 17.2 Å². The molecule has 0 bridgehead atoms. The minimum absolute atomic E-state index is 0.690. The number of nitrogens with one attached hydrogen (secondary N) is 2. The van der Waals surface area contributed by atoms with Gasteiger partial charge in [0.2, 0.25) is 0 Å². The Labute approximate surface area is 94.0 Å². The van der Waals surface area contributed by atoms with Crippen LogP contribution in [-0.2, 0) is 6.54 Å². The lowest BCUT2D eigenvalue weighted by Gasteiger charge is -2.06. The van der Waals surface area contributed by atoms with Gasteiger partial charge in [-0.25, -0.2) is 4.98 Å². The van der Waals surface area contributed by atoms with Gasteiger partial charge in [0.1, 0.15) is 11.6 Å². The average Bonchev–Trinajstić information content (AvgIpc) is 2.38. The van der Waals surface area contributed by atoms with Crippen LogP contribution in [0, 0.1) is 0 Å². The van der Waals surface area contributed by atoms with E-state index in [4.69, 9.17) is 0 Å². The van der Waals surface area contributed by atoms with Crippen LogP contribution in [0.25, 0.3) is 0 Å². The molecular weight excluding hydrogens is 202 g/mol. The number of anilines is 2. The van der Waals surface area contributed by atoms with Crippen molar-refractivity contribution in [2.45, 2.75) is 6.54 Å². The summed E-state index contributed by atoms with van der Waals surface area (Å²) in [5, 5.41) is 6.12. The van der Waals surface area contributed by atoms with Crippen molar-refractivity contribution in [3.63, 3.8) is 0 Å². The second-order valence-electron chi connectivity index (χ2n) is 3.25. The van der Waals surface area contributed by atoms with E-state index in [1.165, 1.54) is 0 Å². The molecule has 0 spiro atoms. The summed E-state index contributed by atoms with van der Waals surface area (Å²) in [6.45, 7) is 0.690. The van der Waals surface area contributed by atoms with Crippen LogP contribution in [0.3, 0.4) is 0 Å². The van der Waals surface area contributed by atoms with E-state index >= 15 is 0 Å². The van der Waals surface area contributed by atoms with Gasteiger partial charge in [-0.15, -0.1) is 0 Å². The lowest BCUT2D eigenvalue weighted by atomic mass is 10.3. The van der Waals surface area contributed by atoms with E-state index < -0.39 is 0 Å². The van der Waals surface area contributed by atoms with Gasteiger partial charge in [0.15, 0.2) is 0 Å². The van der Waals surface area contributed by atoms with E-state index in [9.17, 15) is 0 Å². The molecule has 0 aromatic carbocycles. The molecule has 16 heavy (non-hydrogen) atoms. The van der Waals surface area contributed by atoms with E-state index in [1.807, 2.05) is 25.4 Å². The summed E-state index contributed by atoms with van der Waals surface area (Å²) < 4.78 is 0. The molecule has 0 aliphatic heterocycles. The van der Waals surface area contributed by atoms with Crippen molar-refractivity contribution in [1.29, 1.82) is 0 Å². The predicted octanol–water partition coefficient (Wildman–Crippen LogP) is 1.53. The number of nitrogens with zero attached hydrogens (tertiary/aromatic N) is 3. The maximum atomic E-state index is 4.30. The first-order chi connectivity index (χ1) is 7.88. The SMILES string of the molecule is CNc1cncc(NCc2cccnc2)n1. The normalized spacial score (nSPS) is 9.81. The van der Waals surface area contributed by atoms with Gasteiger partial charge < -0.3 is 10.6 Å². The summed E-state index contributed by atoms with van der Waals surface area (Å²) in [6, 6.07) is 3.92. The molecule has 2 N–H and O–H groups in total. The van der Waals surface area contributed by atoms with Crippen LogP contribution in [0.15, 0.2) is 36.9 Å². The van der Waals surface area contributed by atoms with E-state index in [0.29, 0.717) is 6.54 Å². The number of pyridine rings is 1. The Morgan fingerprint density at radius 2 is 2.00 bits per heavy atom. The minimum atomic E-state index is 0.690. The van der Waals surface area contributed by atoms with Crippen molar-refractivity contribution in [3.05, 3.63) is 42.5 Å².